The Hall–Kier alpha value is -4.71. The van der Waals surface area contributed by atoms with E-state index in [-0.39, 0.29) is 25.0 Å². The quantitative estimate of drug-likeness (QED) is 0.148. The van der Waals surface area contributed by atoms with Crippen molar-refractivity contribution in [3.8, 4) is 5.75 Å². The number of H-pyrrole nitrogens is 1. The van der Waals surface area contributed by atoms with Crippen LogP contribution in [0.4, 0.5) is 0 Å². The summed E-state index contributed by atoms with van der Waals surface area (Å²) < 4.78 is 0. The predicted octanol–water partition coefficient (Wildman–Crippen LogP) is 0.666. The van der Waals surface area contributed by atoms with E-state index in [9.17, 15) is 29.4 Å². The van der Waals surface area contributed by atoms with Gasteiger partial charge in [0.15, 0.2) is 0 Å². The Morgan fingerprint density at radius 2 is 1.46 bits per heavy atom. The summed E-state index contributed by atoms with van der Waals surface area (Å²) in [5, 5.41) is 27.0. The average Bonchev–Trinajstić information content (AvgIpc) is 3.45. The molecule has 0 spiro atoms. The summed E-state index contributed by atoms with van der Waals surface area (Å²) in [6, 6.07) is 11.0. The van der Waals surface area contributed by atoms with Gasteiger partial charge in [-0.2, -0.15) is 0 Å². The third-order valence-corrected chi connectivity index (χ3v) is 6.48. The number of aromatic nitrogens is 2. The molecule has 3 rings (SSSR count). The number of rotatable bonds is 14. The number of nitrogens with zero attached hydrogens (tertiary/aromatic N) is 1. The van der Waals surface area contributed by atoms with Crippen molar-refractivity contribution < 1.29 is 29.4 Å². The summed E-state index contributed by atoms with van der Waals surface area (Å²) in [7, 11) is 0. The molecule has 3 amide bonds. The summed E-state index contributed by atoms with van der Waals surface area (Å²) in [5.74, 6) is -3.40. The van der Waals surface area contributed by atoms with E-state index in [2.05, 4.69) is 25.9 Å². The number of hydrogen-bond acceptors (Lipinski definition) is 7. The van der Waals surface area contributed by atoms with Crippen LogP contribution in [0, 0.1) is 5.92 Å². The van der Waals surface area contributed by atoms with Crippen LogP contribution < -0.4 is 21.7 Å². The zero-order valence-corrected chi connectivity index (χ0v) is 22.9. The van der Waals surface area contributed by atoms with E-state index in [1.54, 1.807) is 38.1 Å². The van der Waals surface area contributed by atoms with Gasteiger partial charge in [0.1, 0.15) is 23.9 Å². The molecule has 3 aromatic rings. The second kappa shape index (κ2) is 14.6. The van der Waals surface area contributed by atoms with E-state index >= 15 is 0 Å². The minimum atomic E-state index is -1.25. The van der Waals surface area contributed by atoms with Gasteiger partial charge >= 0.3 is 5.97 Å². The summed E-state index contributed by atoms with van der Waals surface area (Å²) >= 11 is 0. The number of phenols is 1. The fourth-order valence-corrected chi connectivity index (χ4v) is 4.18. The van der Waals surface area contributed by atoms with E-state index in [0.29, 0.717) is 5.69 Å². The highest BCUT2D eigenvalue weighted by Crippen LogP contribution is 2.12. The van der Waals surface area contributed by atoms with Gasteiger partial charge in [0, 0.05) is 24.7 Å². The molecule has 0 aliphatic rings. The number of aliphatic carboxylic acids is 1. The van der Waals surface area contributed by atoms with Gasteiger partial charge in [0.2, 0.25) is 17.7 Å². The normalized spacial score (nSPS) is 14.0. The molecule has 41 heavy (non-hydrogen) atoms. The van der Waals surface area contributed by atoms with Crippen LogP contribution >= 0.6 is 0 Å². The minimum absolute atomic E-state index is 0.0224. The van der Waals surface area contributed by atoms with Crippen LogP contribution in [0.5, 0.6) is 5.75 Å². The lowest BCUT2D eigenvalue weighted by Gasteiger charge is -2.27. The maximum Gasteiger partial charge on any atom is 0.326 e. The molecular formula is C29H36N6O6. The van der Waals surface area contributed by atoms with Crippen LogP contribution in [0.15, 0.2) is 67.1 Å². The van der Waals surface area contributed by atoms with Crippen molar-refractivity contribution in [3.05, 3.63) is 83.9 Å². The number of carboxylic acid groups (broad SMARTS) is 1. The Morgan fingerprint density at radius 3 is 2.05 bits per heavy atom. The van der Waals surface area contributed by atoms with Gasteiger partial charge in [-0.25, -0.2) is 9.78 Å². The number of phenolic OH excluding ortho intramolecular Hbond substituents is 1. The third kappa shape index (κ3) is 9.46. The van der Waals surface area contributed by atoms with Crippen molar-refractivity contribution in [2.45, 2.75) is 57.3 Å². The predicted molar refractivity (Wildman–Crippen MR) is 150 cm³/mol. The Kier molecular flexibility index (Phi) is 11.0. The molecule has 0 saturated heterocycles. The van der Waals surface area contributed by atoms with Crippen molar-refractivity contribution in [2.75, 3.05) is 0 Å². The number of nitrogens with one attached hydrogen (secondary N) is 4. The van der Waals surface area contributed by atoms with Gasteiger partial charge in [-0.3, -0.25) is 14.4 Å². The molecule has 1 aromatic heterocycles. The Bertz CT molecular complexity index is 1300. The molecule has 0 fully saturated rings. The van der Waals surface area contributed by atoms with Crippen LogP contribution in [0.2, 0.25) is 0 Å². The molecule has 0 saturated carbocycles. The number of aromatic amines is 1. The molecule has 8 N–H and O–H groups in total. The number of imidazole rings is 1. The molecule has 0 bridgehead atoms. The Morgan fingerprint density at radius 1 is 0.829 bits per heavy atom. The second-order valence-corrected chi connectivity index (χ2v) is 10.1. The Labute approximate surface area is 237 Å². The molecule has 0 radical (unpaired) electrons. The highest BCUT2D eigenvalue weighted by atomic mass is 16.4. The molecule has 4 unspecified atom stereocenters. The zero-order chi connectivity index (χ0) is 29.9. The maximum absolute atomic E-state index is 13.5. The lowest BCUT2D eigenvalue weighted by Crippen LogP contribution is -2.59. The molecule has 12 nitrogen and oxygen atoms in total. The van der Waals surface area contributed by atoms with Crippen LogP contribution in [0.1, 0.15) is 30.7 Å². The largest absolute Gasteiger partial charge is 0.508 e. The lowest BCUT2D eigenvalue weighted by molar-refractivity contribution is -0.142. The molecule has 0 aliphatic heterocycles. The first-order valence-electron chi connectivity index (χ1n) is 13.2. The molecule has 218 valence electrons. The zero-order valence-electron chi connectivity index (χ0n) is 22.9. The number of carbonyl (C=O) groups is 4. The number of nitrogens with two attached hydrogens (primary N) is 1. The van der Waals surface area contributed by atoms with E-state index < -0.39 is 53.8 Å². The molecule has 2 aromatic carbocycles. The first-order chi connectivity index (χ1) is 19.5. The summed E-state index contributed by atoms with van der Waals surface area (Å²) in [6.45, 7) is 3.43. The molecule has 1 heterocycles. The number of carbonyl (C=O) groups excluding carboxylic acids is 3. The monoisotopic (exact) mass is 564 g/mol. The maximum atomic E-state index is 13.5. The molecule has 0 aliphatic carbocycles. The van der Waals surface area contributed by atoms with Gasteiger partial charge in [0.25, 0.3) is 0 Å². The van der Waals surface area contributed by atoms with E-state index in [1.165, 1.54) is 24.7 Å². The Balaban J connectivity index is 1.73. The van der Waals surface area contributed by atoms with Crippen molar-refractivity contribution in [2.24, 2.45) is 11.7 Å². The van der Waals surface area contributed by atoms with Crippen molar-refractivity contribution in [1.82, 2.24) is 25.9 Å². The smallest absolute Gasteiger partial charge is 0.326 e. The van der Waals surface area contributed by atoms with Crippen LogP contribution in [0.25, 0.3) is 0 Å². The summed E-state index contributed by atoms with van der Waals surface area (Å²) in [6.07, 6.45) is 3.16. The van der Waals surface area contributed by atoms with Crippen molar-refractivity contribution >= 4 is 23.7 Å². The number of aromatic hydroxyl groups is 1. The first-order valence-corrected chi connectivity index (χ1v) is 13.2. The highest BCUT2D eigenvalue weighted by Gasteiger charge is 2.32. The van der Waals surface area contributed by atoms with Crippen LogP contribution in [-0.4, -0.2) is 68.0 Å². The fraction of sp³-hybridized carbons (Fsp3) is 0.345. The second-order valence-electron chi connectivity index (χ2n) is 10.1. The first kappa shape index (κ1) is 30.8. The molecule has 4 atom stereocenters. The van der Waals surface area contributed by atoms with E-state index in [1.807, 2.05) is 18.2 Å². The van der Waals surface area contributed by atoms with Crippen molar-refractivity contribution in [3.63, 3.8) is 0 Å². The van der Waals surface area contributed by atoms with Crippen LogP contribution in [0.3, 0.4) is 0 Å². The number of benzene rings is 2. The number of carboxylic acids is 1. The standard InChI is InChI=1S/C29H36N6O6/c1-17(2)25(28(39)34-24(29(40)41)14-20-15-31-16-32-20)35-27(38)23(13-18-6-4-3-5-7-18)33-26(37)22(30)12-19-8-10-21(36)11-9-19/h3-11,15-17,22-25,36H,12-14,30H2,1-2H3,(H,31,32)(H,33,37)(H,34,39)(H,35,38)(H,40,41). The van der Waals surface area contributed by atoms with Gasteiger partial charge < -0.3 is 36.9 Å². The van der Waals surface area contributed by atoms with Crippen LogP contribution in [-0.2, 0) is 38.4 Å². The number of amides is 3. The summed E-state index contributed by atoms with van der Waals surface area (Å²) in [4.78, 5) is 58.2. The fourth-order valence-electron chi connectivity index (χ4n) is 4.18. The number of hydrogen-bond donors (Lipinski definition) is 7. The molecule has 12 heteroatoms. The lowest BCUT2D eigenvalue weighted by atomic mass is 9.99. The van der Waals surface area contributed by atoms with Crippen molar-refractivity contribution in [1.29, 1.82) is 0 Å². The topological polar surface area (TPSA) is 200 Å². The van der Waals surface area contributed by atoms with Gasteiger partial charge in [-0.15, -0.1) is 0 Å². The van der Waals surface area contributed by atoms with Gasteiger partial charge in [-0.05, 0) is 35.6 Å². The van der Waals surface area contributed by atoms with Gasteiger partial charge in [-0.1, -0.05) is 56.3 Å². The average molecular weight is 565 g/mol. The highest BCUT2D eigenvalue weighted by molar-refractivity contribution is 5.94. The minimum Gasteiger partial charge on any atom is -0.508 e. The van der Waals surface area contributed by atoms with E-state index in [4.69, 9.17) is 5.73 Å². The SMILES string of the molecule is CC(C)C(NC(=O)C(Cc1ccccc1)NC(=O)C(N)Cc1ccc(O)cc1)C(=O)NC(Cc1cnc[nH]1)C(=O)O. The molecular weight excluding hydrogens is 528 g/mol. The van der Waals surface area contributed by atoms with E-state index in [0.717, 1.165) is 11.1 Å². The summed E-state index contributed by atoms with van der Waals surface area (Å²) in [5.41, 5.74) is 8.16. The third-order valence-electron chi connectivity index (χ3n) is 6.48. The van der Waals surface area contributed by atoms with Gasteiger partial charge in [0.05, 0.1) is 12.4 Å².